The van der Waals surface area contributed by atoms with E-state index in [2.05, 4.69) is 6.07 Å². The van der Waals surface area contributed by atoms with Crippen molar-refractivity contribution in [3.8, 4) is 22.9 Å². The fourth-order valence-corrected chi connectivity index (χ4v) is 4.96. The van der Waals surface area contributed by atoms with Gasteiger partial charge in [0, 0.05) is 11.9 Å². The molecule has 0 radical (unpaired) electrons. The predicted octanol–water partition coefficient (Wildman–Crippen LogP) is 4.08. The molecular formula is C24H22N4O2S. The van der Waals surface area contributed by atoms with E-state index in [1.165, 1.54) is 16.2 Å². The molecule has 156 valence electrons. The molecule has 0 spiro atoms. The van der Waals surface area contributed by atoms with Crippen molar-refractivity contribution in [2.45, 2.75) is 18.4 Å². The minimum atomic E-state index is -0.863. The fourth-order valence-electron chi connectivity index (χ4n) is 3.91. The highest BCUT2D eigenvalue weighted by Gasteiger charge is 2.48. The first kappa shape index (κ1) is 20.6. The van der Waals surface area contributed by atoms with Crippen molar-refractivity contribution in [1.29, 1.82) is 5.26 Å². The first-order valence-electron chi connectivity index (χ1n) is 9.74. The summed E-state index contributed by atoms with van der Waals surface area (Å²) in [5.74, 6) is 0.272. The lowest BCUT2D eigenvalue weighted by Gasteiger charge is -2.40. The van der Waals surface area contributed by atoms with Crippen molar-refractivity contribution in [2.24, 2.45) is 10.7 Å². The lowest BCUT2D eigenvalue weighted by atomic mass is 9.77. The van der Waals surface area contributed by atoms with Crippen LogP contribution in [0.25, 0.3) is 11.1 Å². The summed E-state index contributed by atoms with van der Waals surface area (Å²) < 4.78 is 5.27. The molecule has 7 heteroatoms. The van der Waals surface area contributed by atoms with Crippen LogP contribution < -0.4 is 10.5 Å². The third-order valence-electron chi connectivity index (χ3n) is 5.70. The van der Waals surface area contributed by atoms with Crippen molar-refractivity contribution in [2.75, 3.05) is 14.2 Å². The van der Waals surface area contributed by atoms with E-state index in [9.17, 15) is 10.1 Å². The number of nitrogens with zero attached hydrogens (tertiary/aromatic N) is 3. The van der Waals surface area contributed by atoms with Gasteiger partial charge in [-0.3, -0.25) is 9.69 Å². The molecule has 0 fully saturated rings. The zero-order valence-electron chi connectivity index (χ0n) is 17.5. The van der Waals surface area contributed by atoms with Crippen LogP contribution in [0.15, 0.2) is 65.0 Å². The maximum atomic E-state index is 13.3. The van der Waals surface area contributed by atoms with E-state index >= 15 is 0 Å². The third kappa shape index (κ3) is 3.56. The summed E-state index contributed by atoms with van der Waals surface area (Å²) in [4.78, 5) is 20.5. The Bertz CT molecular complexity index is 1210. The van der Waals surface area contributed by atoms with E-state index in [1.807, 2.05) is 60.8 Å². The molecule has 4 rings (SSSR count). The summed E-state index contributed by atoms with van der Waals surface area (Å²) in [5, 5.41) is 11.2. The van der Waals surface area contributed by atoms with Gasteiger partial charge in [-0.1, -0.05) is 24.3 Å². The van der Waals surface area contributed by atoms with Crippen molar-refractivity contribution >= 4 is 23.2 Å². The molecule has 0 saturated heterocycles. The lowest BCUT2D eigenvalue weighted by molar-refractivity contribution is -0.130. The number of carbonyl (C=O) groups excluding carboxylic acids is 1. The van der Waals surface area contributed by atoms with Crippen molar-refractivity contribution in [3.63, 3.8) is 0 Å². The summed E-state index contributed by atoms with van der Waals surface area (Å²) >= 11 is 1.53. The number of carbonyl (C=O) groups is 1. The Kier molecular flexibility index (Phi) is 5.25. The molecule has 1 aliphatic rings. The van der Waals surface area contributed by atoms with Crippen LogP contribution in [0.4, 0.5) is 0 Å². The number of nitriles is 1. The standard InChI is InChI=1S/C24H22N4O2S/c1-24(20-12-18(14-31-20)17-6-4-5-15(11-17)13-25)21(22(29)28(2)23(26)27-24)16-7-9-19(30-3)10-8-16/h4-12,14,21H,1-3H3,(H2,26,27)/t21-,24+/m0/s1. The third-order valence-corrected chi connectivity index (χ3v) is 6.86. The van der Waals surface area contributed by atoms with Gasteiger partial charge < -0.3 is 10.5 Å². The second-order valence-corrected chi connectivity index (χ2v) is 8.52. The average Bonchev–Trinajstić information content (AvgIpc) is 3.29. The molecule has 31 heavy (non-hydrogen) atoms. The molecule has 2 heterocycles. The normalized spacial score (nSPS) is 20.8. The molecule has 2 aromatic carbocycles. The molecule has 6 nitrogen and oxygen atoms in total. The van der Waals surface area contributed by atoms with Gasteiger partial charge in [-0.15, -0.1) is 11.3 Å². The van der Waals surface area contributed by atoms with E-state index in [0.29, 0.717) is 5.56 Å². The number of thiophene rings is 1. The Labute approximate surface area is 185 Å². The number of hydrogen-bond donors (Lipinski definition) is 1. The Balaban J connectivity index is 1.82. The smallest absolute Gasteiger partial charge is 0.239 e. The van der Waals surface area contributed by atoms with Gasteiger partial charge in [0.1, 0.15) is 11.3 Å². The molecule has 1 aromatic heterocycles. The van der Waals surface area contributed by atoms with E-state index < -0.39 is 11.5 Å². The molecule has 1 amide bonds. The zero-order valence-corrected chi connectivity index (χ0v) is 18.3. The van der Waals surface area contributed by atoms with Crippen LogP contribution in [0.2, 0.25) is 0 Å². The van der Waals surface area contributed by atoms with Gasteiger partial charge >= 0.3 is 0 Å². The first-order chi connectivity index (χ1) is 14.9. The Morgan fingerprint density at radius 3 is 2.61 bits per heavy atom. The van der Waals surface area contributed by atoms with E-state index in [-0.39, 0.29) is 11.9 Å². The van der Waals surface area contributed by atoms with Gasteiger partial charge in [0.05, 0.1) is 24.7 Å². The van der Waals surface area contributed by atoms with Crippen LogP contribution in [-0.4, -0.2) is 30.9 Å². The molecule has 1 aliphatic heterocycles. The molecule has 0 bridgehead atoms. The number of amides is 1. The molecule has 0 saturated carbocycles. The summed E-state index contributed by atoms with van der Waals surface area (Å²) in [7, 11) is 3.25. The van der Waals surface area contributed by atoms with E-state index in [1.54, 1.807) is 20.2 Å². The van der Waals surface area contributed by atoms with Gasteiger partial charge in [-0.25, -0.2) is 4.99 Å². The van der Waals surface area contributed by atoms with Crippen LogP contribution in [0, 0.1) is 11.3 Å². The highest BCUT2D eigenvalue weighted by molar-refractivity contribution is 7.10. The fraction of sp³-hybridized carbons (Fsp3) is 0.208. The molecule has 2 N–H and O–H groups in total. The molecule has 2 atom stereocenters. The number of benzene rings is 2. The summed E-state index contributed by atoms with van der Waals surface area (Å²) in [6, 6.07) is 19.2. The summed E-state index contributed by atoms with van der Waals surface area (Å²) in [5.41, 5.74) is 8.64. The maximum Gasteiger partial charge on any atom is 0.239 e. The highest BCUT2D eigenvalue weighted by atomic mass is 32.1. The van der Waals surface area contributed by atoms with Crippen LogP contribution in [0.3, 0.4) is 0 Å². The quantitative estimate of drug-likeness (QED) is 0.675. The SMILES string of the molecule is COc1ccc([C@H]2C(=O)N(C)C(N)=N[C@]2(C)c2cc(-c3cccc(C#N)c3)cs2)cc1. The number of nitrogens with two attached hydrogens (primary N) is 1. The van der Waals surface area contributed by atoms with Crippen LogP contribution in [-0.2, 0) is 10.3 Å². The number of methoxy groups -OCH3 is 1. The largest absolute Gasteiger partial charge is 0.497 e. The van der Waals surface area contributed by atoms with Crippen LogP contribution in [0.5, 0.6) is 5.75 Å². The number of hydrogen-bond acceptors (Lipinski definition) is 6. The Morgan fingerprint density at radius 1 is 1.19 bits per heavy atom. The maximum absolute atomic E-state index is 13.3. The van der Waals surface area contributed by atoms with Gasteiger partial charge in [0.25, 0.3) is 0 Å². The first-order valence-corrected chi connectivity index (χ1v) is 10.6. The van der Waals surface area contributed by atoms with Gasteiger partial charge in [0.2, 0.25) is 5.91 Å². The monoisotopic (exact) mass is 430 g/mol. The Hall–Kier alpha value is -3.63. The highest BCUT2D eigenvalue weighted by Crippen LogP contribution is 2.47. The zero-order chi connectivity index (χ0) is 22.2. The predicted molar refractivity (Wildman–Crippen MR) is 122 cm³/mol. The molecule has 0 unspecified atom stereocenters. The minimum Gasteiger partial charge on any atom is -0.497 e. The molecular weight excluding hydrogens is 408 g/mol. The second kappa shape index (κ2) is 7.89. The van der Waals surface area contributed by atoms with Gasteiger partial charge in [-0.2, -0.15) is 5.26 Å². The number of ether oxygens (including phenoxy) is 1. The van der Waals surface area contributed by atoms with Gasteiger partial charge in [-0.05, 0) is 59.3 Å². The lowest BCUT2D eigenvalue weighted by Crippen LogP contribution is -2.52. The number of rotatable bonds is 4. The molecule has 3 aromatic rings. The number of aliphatic imine (C=N–C) groups is 1. The Morgan fingerprint density at radius 2 is 1.94 bits per heavy atom. The van der Waals surface area contributed by atoms with Crippen molar-refractivity contribution in [1.82, 2.24) is 4.90 Å². The van der Waals surface area contributed by atoms with E-state index in [0.717, 1.165) is 27.3 Å². The van der Waals surface area contributed by atoms with E-state index in [4.69, 9.17) is 15.5 Å². The average molecular weight is 431 g/mol. The summed E-state index contributed by atoms with van der Waals surface area (Å²) in [6.07, 6.45) is 0. The van der Waals surface area contributed by atoms with Crippen LogP contribution >= 0.6 is 11.3 Å². The van der Waals surface area contributed by atoms with Crippen molar-refractivity contribution < 1.29 is 9.53 Å². The molecule has 0 aliphatic carbocycles. The van der Waals surface area contributed by atoms with Gasteiger partial charge in [0.15, 0.2) is 5.96 Å². The second-order valence-electron chi connectivity index (χ2n) is 7.61. The summed E-state index contributed by atoms with van der Waals surface area (Å²) in [6.45, 7) is 1.95. The number of guanidine groups is 1. The minimum absolute atomic E-state index is 0.110. The topological polar surface area (TPSA) is 91.7 Å². The van der Waals surface area contributed by atoms with Crippen LogP contribution in [0.1, 0.15) is 28.8 Å². The number of likely N-dealkylation sites (N-methyl/N-ethyl adjacent to an activating group) is 1. The van der Waals surface area contributed by atoms with Crippen molar-refractivity contribution in [3.05, 3.63) is 76.0 Å².